The van der Waals surface area contributed by atoms with E-state index in [0.717, 1.165) is 19.6 Å². The van der Waals surface area contributed by atoms with Gasteiger partial charge in [-0.25, -0.2) is 9.79 Å². The lowest BCUT2D eigenvalue weighted by Crippen LogP contribution is -1.97. The van der Waals surface area contributed by atoms with Crippen molar-refractivity contribution in [2.24, 2.45) is 4.99 Å². The van der Waals surface area contributed by atoms with E-state index in [0.29, 0.717) is 6.54 Å². The summed E-state index contributed by atoms with van der Waals surface area (Å²) in [5.74, 6) is 0. The highest BCUT2D eigenvalue weighted by atomic mass is 16.5. The maximum Gasteiger partial charge on any atom is 0.234 e. The number of ether oxygens (including phenoxy) is 1. The van der Waals surface area contributed by atoms with Crippen LogP contribution >= 0.6 is 0 Å². The van der Waals surface area contributed by atoms with Gasteiger partial charge in [0, 0.05) is 13.2 Å². The largest absolute Gasteiger partial charge is 0.381 e. The van der Waals surface area contributed by atoms with Gasteiger partial charge >= 0.3 is 0 Å². The molecule has 0 amide bonds. The lowest BCUT2D eigenvalue weighted by Gasteiger charge is -2.06. The fourth-order valence-electron chi connectivity index (χ4n) is 5.95. The molecule has 244 valence electrons. The third-order valence-electron chi connectivity index (χ3n) is 8.77. The van der Waals surface area contributed by atoms with Crippen molar-refractivity contribution < 1.29 is 9.53 Å². The smallest absolute Gasteiger partial charge is 0.234 e. The molecule has 0 N–H and O–H groups in total. The number of rotatable bonds is 37. The fourth-order valence-corrected chi connectivity index (χ4v) is 5.95. The molecule has 3 heteroatoms. The Morgan fingerprint density at radius 2 is 0.610 bits per heavy atom. The summed E-state index contributed by atoms with van der Waals surface area (Å²) in [6.45, 7) is 4.91. The minimum Gasteiger partial charge on any atom is -0.381 e. The first-order valence-corrected chi connectivity index (χ1v) is 19.0. The van der Waals surface area contributed by atoms with E-state index in [4.69, 9.17) is 4.74 Å². The van der Waals surface area contributed by atoms with Crippen LogP contribution in [0.4, 0.5) is 0 Å². The number of carbonyl (C=O) groups excluding carboxylic acids is 1. The summed E-state index contributed by atoms with van der Waals surface area (Å²) in [7, 11) is 0. The molecule has 0 bridgehead atoms. The summed E-state index contributed by atoms with van der Waals surface area (Å²) in [5.41, 5.74) is 0. The van der Waals surface area contributed by atoms with Crippen LogP contribution in [0.2, 0.25) is 0 Å². The van der Waals surface area contributed by atoms with Crippen molar-refractivity contribution in [1.29, 1.82) is 0 Å². The summed E-state index contributed by atoms with van der Waals surface area (Å²) in [6.07, 6.45) is 47.6. The third kappa shape index (κ3) is 39.3. The van der Waals surface area contributed by atoms with E-state index in [1.54, 1.807) is 6.08 Å². The van der Waals surface area contributed by atoms with Gasteiger partial charge in [0.1, 0.15) is 0 Å². The van der Waals surface area contributed by atoms with Gasteiger partial charge < -0.3 is 4.74 Å². The van der Waals surface area contributed by atoms with Crippen LogP contribution in [0, 0.1) is 0 Å². The zero-order valence-corrected chi connectivity index (χ0v) is 28.2. The number of hydrogen-bond acceptors (Lipinski definition) is 3. The Bertz CT molecular complexity index is 503. The maximum absolute atomic E-state index is 9.99. The summed E-state index contributed by atoms with van der Waals surface area (Å²) in [5, 5.41) is 0. The average molecular weight is 578 g/mol. The Morgan fingerprint density at radius 1 is 0.366 bits per heavy atom. The van der Waals surface area contributed by atoms with Crippen LogP contribution < -0.4 is 0 Å². The second-order valence-electron chi connectivity index (χ2n) is 12.9. The molecule has 0 atom stereocenters. The Labute approximate surface area is 258 Å². The first-order valence-electron chi connectivity index (χ1n) is 19.0. The summed E-state index contributed by atoms with van der Waals surface area (Å²) in [4.78, 5) is 13.6. The monoisotopic (exact) mass is 578 g/mol. The molecule has 0 aromatic carbocycles. The summed E-state index contributed by atoms with van der Waals surface area (Å²) >= 11 is 0. The van der Waals surface area contributed by atoms with Crippen molar-refractivity contribution in [2.75, 3.05) is 19.8 Å². The van der Waals surface area contributed by atoms with E-state index in [9.17, 15) is 4.79 Å². The van der Waals surface area contributed by atoms with Crippen molar-refractivity contribution in [1.82, 2.24) is 0 Å². The molecule has 0 fully saturated rings. The lowest BCUT2D eigenvalue weighted by atomic mass is 10.0. The molecule has 0 unspecified atom stereocenters. The molecule has 0 aromatic heterocycles. The van der Waals surface area contributed by atoms with Crippen LogP contribution in [0.15, 0.2) is 4.99 Å². The number of isocyanates is 1. The van der Waals surface area contributed by atoms with Crippen molar-refractivity contribution in [2.45, 2.75) is 219 Å². The Hall–Kier alpha value is -0.660. The Balaban J connectivity index is 3.03. The van der Waals surface area contributed by atoms with Crippen LogP contribution in [0.5, 0.6) is 0 Å². The van der Waals surface area contributed by atoms with Crippen LogP contribution in [-0.4, -0.2) is 25.8 Å². The van der Waals surface area contributed by atoms with Crippen LogP contribution in [0.3, 0.4) is 0 Å². The molecule has 0 aliphatic heterocycles. The van der Waals surface area contributed by atoms with E-state index >= 15 is 0 Å². The Kier molecular flexibility index (Phi) is 38.7. The fraction of sp³-hybridized carbons (Fsp3) is 0.974. The first-order chi connectivity index (χ1) is 20.4. The minimum atomic E-state index is 0.662. The molecule has 0 radical (unpaired) electrons. The second kappa shape index (κ2) is 39.3. The van der Waals surface area contributed by atoms with Gasteiger partial charge in [0.15, 0.2) is 0 Å². The van der Waals surface area contributed by atoms with Gasteiger partial charge in [-0.05, 0) is 19.3 Å². The molecule has 0 aromatic rings. The number of hydrogen-bond donors (Lipinski definition) is 0. The normalized spacial score (nSPS) is 11.2. The van der Waals surface area contributed by atoms with Gasteiger partial charge in [0.2, 0.25) is 6.08 Å². The topological polar surface area (TPSA) is 38.7 Å². The molecule has 0 saturated heterocycles. The molecule has 0 rings (SSSR count). The average Bonchev–Trinajstić information content (AvgIpc) is 2.98. The SMILES string of the molecule is CCCCCCCCCCCCCCCCCCCCCCOCCCCCCCCCCCCCCCN=C=O. The van der Waals surface area contributed by atoms with Gasteiger partial charge in [-0.15, -0.1) is 0 Å². The van der Waals surface area contributed by atoms with Gasteiger partial charge in [-0.1, -0.05) is 200 Å². The molecular weight excluding hydrogens is 502 g/mol. The predicted octanol–water partition coefficient (Wildman–Crippen LogP) is 13.2. The van der Waals surface area contributed by atoms with Gasteiger partial charge in [-0.2, -0.15) is 0 Å². The molecule has 3 nitrogen and oxygen atoms in total. The molecule has 0 saturated carbocycles. The molecule has 41 heavy (non-hydrogen) atoms. The van der Waals surface area contributed by atoms with Crippen LogP contribution in [0.1, 0.15) is 219 Å². The summed E-state index contributed by atoms with van der Waals surface area (Å²) < 4.78 is 5.87. The highest BCUT2D eigenvalue weighted by Crippen LogP contribution is 2.15. The number of unbranched alkanes of at least 4 members (excludes halogenated alkanes) is 31. The van der Waals surface area contributed by atoms with Crippen molar-refractivity contribution >= 4 is 6.08 Å². The minimum absolute atomic E-state index is 0.662. The van der Waals surface area contributed by atoms with Crippen molar-refractivity contribution in [3.63, 3.8) is 0 Å². The number of aliphatic imine (C=N–C) groups is 1. The molecule has 0 aliphatic rings. The first kappa shape index (κ1) is 40.3. The van der Waals surface area contributed by atoms with Crippen molar-refractivity contribution in [3.8, 4) is 0 Å². The zero-order valence-electron chi connectivity index (χ0n) is 28.2. The summed E-state index contributed by atoms with van der Waals surface area (Å²) in [6, 6.07) is 0. The van der Waals surface area contributed by atoms with Gasteiger partial charge in [0.05, 0.1) is 6.54 Å². The van der Waals surface area contributed by atoms with E-state index in [1.807, 2.05) is 0 Å². The van der Waals surface area contributed by atoms with E-state index in [2.05, 4.69) is 11.9 Å². The zero-order chi connectivity index (χ0) is 29.6. The standard InChI is InChI=1S/C38H75NO2/c1-2-3-4-5-6-7-8-9-10-11-12-13-14-15-18-21-24-27-30-33-36-41-37-34-31-28-25-22-19-16-17-20-23-26-29-32-35-39-38-40/h2-37H2,1H3. The molecule has 0 spiro atoms. The highest BCUT2D eigenvalue weighted by Gasteiger charge is 1.97. The third-order valence-corrected chi connectivity index (χ3v) is 8.77. The van der Waals surface area contributed by atoms with E-state index < -0.39 is 0 Å². The molecule has 0 aliphatic carbocycles. The van der Waals surface area contributed by atoms with Crippen LogP contribution in [-0.2, 0) is 9.53 Å². The lowest BCUT2D eigenvalue weighted by molar-refractivity contribution is 0.125. The van der Waals surface area contributed by atoms with Crippen molar-refractivity contribution in [3.05, 3.63) is 0 Å². The quantitative estimate of drug-likeness (QED) is 0.0418. The highest BCUT2D eigenvalue weighted by molar-refractivity contribution is 5.32. The van der Waals surface area contributed by atoms with E-state index in [1.165, 1.54) is 205 Å². The predicted molar refractivity (Wildman–Crippen MR) is 182 cm³/mol. The molecular formula is C38H75NO2. The van der Waals surface area contributed by atoms with Gasteiger partial charge in [-0.3, -0.25) is 0 Å². The van der Waals surface area contributed by atoms with E-state index in [-0.39, 0.29) is 0 Å². The Morgan fingerprint density at radius 3 is 0.878 bits per heavy atom. The maximum atomic E-state index is 9.99. The molecule has 0 heterocycles. The number of nitrogens with zero attached hydrogens (tertiary/aromatic N) is 1. The second-order valence-corrected chi connectivity index (χ2v) is 12.9. The van der Waals surface area contributed by atoms with Crippen LogP contribution in [0.25, 0.3) is 0 Å². The van der Waals surface area contributed by atoms with Gasteiger partial charge in [0.25, 0.3) is 0 Å².